The second kappa shape index (κ2) is 7.43. The van der Waals surface area contributed by atoms with E-state index in [1.165, 1.54) is 51.4 Å². The van der Waals surface area contributed by atoms with Crippen molar-refractivity contribution in [3.05, 3.63) is 0 Å². The van der Waals surface area contributed by atoms with Crippen LogP contribution in [0.25, 0.3) is 0 Å². The highest BCUT2D eigenvalue weighted by Crippen LogP contribution is 2.47. The first-order chi connectivity index (χ1) is 10.2. The largest absolute Gasteiger partial charge is 0.389 e. The number of nitrogens with one attached hydrogen (secondary N) is 1. The smallest absolute Gasteiger partial charge is 0.0897 e. The minimum absolute atomic E-state index is 0.349. The highest BCUT2D eigenvalue weighted by molar-refractivity contribution is 4.90. The second-order valence-corrected chi connectivity index (χ2v) is 7.88. The summed E-state index contributed by atoms with van der Waals surface area (Å²) in [5, 5.41) is 13.6. The quantitative estimate of drug-likeness (QED) is 0.759. The lowest BCUT2D eigenvalue weighted by atomic mass is 9.88. The topological polar surface area (TPSA) is 41.5 Å². The van der Waals surface area contributed by atoms with E-state index in [1.807, 2.05) is 0 Å². The molecule has 21 heavy (non-hydrogen) atoms. The molecule has 0 radical (unpaired) electrons. The minimum Gasteiger partial charge on any atom is -0.389 e. The van der Waals surface area contributed by atoms with E-state index in [4.69, 9.17) is 4.74 Å². The minimum atomic E-state index is -0.349. The summed E-state index contributed by atoms with van der Waals surface area (Å²) in [7, 11) is 0. The van der Waals surface area contributed by atoms with E-state index < -0.39 is 0 Å². The fourth-order valence-electron chi connectivity index (χ4n) is 4.89. The van der Waals surface area contributed by atoms with Crippen LogP contribution < -0.4 is 5.32 Å². The van der Waals surface area contributed by atoms with Crippen molar-refractivity contribution in [1.29, 1.82) is 0 Å². The molecule has 0 saturated heterocycles. The molecule has 0 heterocycles. The average Bonchev–Trinajstić information content (AvgIpc) is 3.09. The van der Waals surface area contributed by atoms with Crippen LogP contribution in [0.5, 0.6) is 0 Å². The van der Waals surface area contributed by atoms with Crippen LogP contribution >= 0.6 is 0 Å². The predicted octanol–water partition coefficient (Wildman–Crippen LogP) is 2.97. The lowest BCUT2D eigenvalue weighted by molar-refractivity contribution is -0.0453. The zero-order valence-corrected chi connectivity index (χ0v) is 13.6. The Hall–Kier alpha value is -0.120. The van der Waals surface area contributed by atoms with Crippen molar-refractivity contribution in [3.8, 4) is 0 Å². The van der Waals surface area contributed by atoms with Crippen molar-refractivity contribution < 1.29 is 9.84 Å². The summed E-state index contributed by atoms with van der Waals surface area (Å²) < 4.78 is 5.94. The van der Waals surface area contributed by atoms with Crippen LogP contribution in [0, 0.1) is 23.7 Å². The molecule has 6 unspecified atom stereocenters. The number of aliphatic hydroxyl groups is 1. The Morgan fingerprint density at radius 3 is 2.71 bits per heavy atom. The van der Waals surface area contributed by atoms with Crippen LogP contribution in [-0.2, 0) is 4.74 Å². The summed E-state index contributed by atoms with van der Waals surface area (Å²) in [6, 6.07) is 0. The Kier molecular flexibility index (Phi) is 5.58. The summed E-state index contributed by atoms with van der Waals surface area (Å²) in [5.74, 6) is 3.52. The van der Waals surface area contributed by atoms with E-state index in [9.17, 15) is 5.11 Å². The maximum Gasteiger partial charge on any atom is 0.0897 e. The third-order valence-electron chi connectivity index (χ3n) is 6.21. The maximum atomic E-state index is 10.1. The summed E-state index contributed by atoms with van der Waals surface area (Å²) in [6.07, 6.45) is 10.9. The molecule has 0 aromatic rings. The Bertz CT molecular complexity index is 322. The summed E-state index contributed by atoms with van der Waals surface area (Å²) in [6.45, 7) is 4.56. The molecule has 3 rings (SSSR count). The third kappa shape index (κ3) is 4.20. The number of hydrogen-bond donors (Lipinski definition) is 2. The van der Waals surface area contributed by atoms with Gasteiger partial charge >= 0.3 is 0 Å². The van der Waals surface area contributed by atoms with Gasteiger partial charge in [0, 0.05) is 6.54 Å². The van der Waals surface area contributed by atoms with E-state index >= 15 is 0 Å². The van der Waals surface area contributed by atoms with Crippen LogP contribution in [0.4, 0.5) is 0 Å². The van der Waals surface area contributed by atoms with Crippen LogP contribution in [0.1, 0.15) is 58.3 Å². The number of rotatable bonds is 7. The summed E-state index contributed by atoms with van der Waals surface area (Å²) >= 11 is 0. The highest BCUT2D eigenvalue weighted by atomic mass is 16.5. The molecule has 3 heteroatoms. The molecule has 0 amide bonds. The van der Waals surface area contributed by atoms with E-state index in [2.05, 4.69) is 12.2 Å². The zero-order valence-electron chi connectivity index (χ0n) is 13.6. The van der Waals surface area contributed by atoms with Gasteiger partial charge in [0.05, 0.1) is 18.8 Å². The van der Waals surface area contributed by atoms with Crippen molar-refractivity contribution in [3.63, 3.8) is 0 Å². The molecule has 3 aliphatic rings. The van der Waals surface area contributed by atoms with Gasteiger partial charge in [0.15, 0.2) is 0 Å². The van der Waals surface area contributed by atoms with Crippen LogP contribution in [-0.4, -0.2) is 37.0 Å². The van der Waals surface area contributed by atoms with Gasteiger partial charge in [-0.05, 0) is 62.3 Å². The Morgan fingerprint density at radius 1 is 1.14 bits per heavy atom. The van der Waals surface area contributed by atoms with Gasteiger partial charge in [-0.15, -0.1) is 0 Å². The van der Waals surface area contributed by atoms with Gasteiger partial charge in [0.2, 0.25) is 0 Å². The Morgan fingerprint density at radius 2 is 2.00 bits per heavy atom. The zero-order chi connectivity index (χ0) is 14.7. The SMILES string of the molecule is CC1CCCCC1OCC(O)CNCC1CC2CCC1C2. The van der Waals surface area contributed by atoms with Crippen molar-refractivity contribution in [2.75, 3.05) is 19.7 Å². The highest BCUT2D eigenvalue weighted by Gasteiger charge is 2.38. The number of ether oxygens (including phenoxy) is 1. The van der Waals surface area contributed by atoms with Gasteiger partial charge in [0.25, 0.3) is 0 Å². The van der Waals surface area contributed by atoms with Crippen molar-refractivity contribution in [2.45, 2.75) is 70.5 Å². The van der Waals surface area contributed by atoms with Crippen molar-refractivity contribution in [1.82, 2.24) is 5.32 Å². The van der Waals surface area contributed by atoms with Gasteiger partial charge < -0.3 is 15.2 Å². The molecular weight excluding hydrogens is 262 g/mol. The first kappa shape index (κ1) is 15.8. The maximum absolute atomic E-state index is 10.1. The van der Waals surface area contributed by atoms with Gasteiger partial charge in [0.1, 0.15) is 0 Å². The first-order valence-corrected chi connectivity index (χ1v) is 9.22. The lowest BCUT2D eigenvalue weighted by Gasteiger charge is -2.29. The van der Waals surface area contributed by atoms with Crippen LogP contribution in [0.15, 0.2) is 0 Å². The van der Waals surface area contributed by atoms with Crippen LogP contribution in [0.3, 0.4) is 0 Å². The molecule has 0 spiro atoms. The average molecular weight is 295 g/mol. The van der Waals surface area contributed by atoms with Crippen molar-refractivity contribution in [2.24, 2.45) is 23.7 Å². The van der Waals surface area contributed by atoms with E-state index in [0.29, 0.717) is 25.2 Å². The molecule has 6 atom stereocenters. The molecule has 3 nitrogen and oxygen atoms in total. The summed E-state index contributed by atoms with van der Waals surface area (Å²) in [5.41, 5.74) is 0. The molecule has 3 saturated carbocycles. The molecule has 2 bridgehead atoms. The standard InChI is InChI=1S/C18H33NO2/c1-13-4-2-3-5-18(13)21-12-17(20)11-19-10-16-9-14-6-7-15(16)8-14/h13-20H,2-12H2,1H3. The fourth-order valence-corrected chi connectivity index (χ4v) is 4.89. The predicted molar refractivity (Wildman–Crippen MR) is 85.2 cm³/mol. The molecule has 3 fully saturated rings. The van der Waals surface area contributed by atoms with Gasteiger partial charge in [-0.25, -0.2) is 0 Å². The van der Waals surface area contributed by atoms with Crippen LogP contribution in [0.2, 0.25) is 0 Å². The first-order valence-electron chi connectivity index (χ1n) is 9.22. The molecule has 2 N–H and O–H groups in total. The molecule has 0 aromatic heterocycles. The third-order valence-corrected chi connectivity index (χ3v) is 6.21. The molecule has 0 aliphatic heterocycles. The second-order valence-electron chi connectivity index (χ2n) is 7.88. The molecule has 3 aliphatic carbocycles. The van der Waals surface area contributed by atoms with Gasteiger partial charge in [-0.3, -0.25) is 0 Å². The molecule has 122 valence electrons. The van der Waals surface area contributed by atoms with Crippen molar-refractivity contribution >= 4 is 0 Å². The molecular formula is C18H33NO2. The van der Waals surface area contributed by atoms with E-state index in [-0.39, 0.29) is 6.10 Å². The normalized spacial score (nSPS) is 40.6. The van der Waals surface area contributed by atoms with E-state index in [0.717, 1.165) is 24.3 Å². The summed E-state index contributed by atoms with van der Waals surface area (Å²) in [4.78, 5) is 0. The van der Waals surface area contributed by atoms with Gasteiger partial charge in [-0.1, -0.05) is 26.2 Å². The molecule has 0 aromatic carbocycles. The lowest BCUT2D eigenvalue weighted by Crippen LogP contribution is -2.36. The number of hydrogen-bond acceptors (Lipinski definition) is 3. The Balaban J connectivity index is 1.27. The van der Waals surface area contributed by atoms with Gasteiger partial charge in [-0.2, -0.15) is 0 Å². The fraction of sp³-hybridized carbons (Fsp3) is 1.00. The number of aliphatic hydroxyl groups excluding tert-OH is 1. The monoisotopic (exact) mass is 295 g/mol. The Labute approximate surface area is 129 Å². The number of fused-ring (bicyclic) bond motifs is 2. The van der Waals surface area contributed by atoms with E-state index in [1.54, 1.807) is 0 Å².